The van der Waals surface area contributed by atoms with Gasteiger partial charge in [0, 0.05) is 13.6 Å². The molecular weight excluding hydrogens is 225 g/mol. The Morgan fingerprint density at radius 1 is 1.53 bits per heavy atom. The molecule has 0 spiro atoms. The summed E-state index contributed by atoms with van der Waals surface area (Å²) in [6, 6.07) is -0.576. The maximum Gasteiger partial charge on any atom is 0.410 e. The van der Waals surface area contributed by atoms with Crippen molar-refractivity contribution >= 4 is 6.09 Å². The number of likely N-dealkylation sites (N-methyl/N-ethyl adjacent to an activating group) is 1. The van der Waals surface area contributed by atoms with Crippen LogP contribution >= 0.6 is 0 Å². The Bertz CT molecular complexity index is 335. The molecule has 0 saturated carbocycles. The van der Waals surface area contributed by atoms with E-state index in [2.05, 4.69) is 0 Å². The highest BCUT2D eigenvalue weighted by Crippen LogP contribution is 2.20. The molecule has 5 nitrogen and oxygen atoms in total. The standard InChI is InChI=1S/C11H18FN3O2/c1-11(2,3)17-10(16)15-5-8(12)9(6-15)14(4)7-13/h8-9H,5-6H2,1-4H3/t8-,9+/m0/s1. The van der Waals surface area contributed by atoms with Crippen LogP contribution in [0.25, 0.3) is 0 Å². The van der Waals surface area contributed by atoms with E-state index in [1.165, 1.54) is 16.8 Å². The van der Waals surface area contributed by atoms with Gasteiger partial charge >= 0.3 is 6.09 Å². The van der Waals surface area contributed by atoms with Gasteiger partial charge in [-0.15, -0.1) is 0 Å². The summed E-state index contributed by atoms with van der Waals surface area (Å²) in [5.41, 5.74) is -0.595. The van der Waals surface area contributed by atoms with Crippen molar-refractivity contribution in [1.29, 1.82) is 5.26 Å². The number of carbonyl (C=O) groups is 1. The molecule has 0 aromatic carbocycles. The Morgan fingerprint density at radius 3 is 2.59 bits per heavy atom. The third-order valence-electron chi connectivity index (χ3n) is 2.53. The van der Waals surface area contributed by atoms with Crippen LogP contribution in [0.4, 0.5) is 9.18 Å². The van der Waals surface area contributed by atoms with E-state index in [9.17, 15) is 9.18 Å². The summed E-state index contributed by atoms with van der Waals surface area (Å²) in [6.45, 7) is 5.43. The number of hydrogen-bond donors (Lipinski definition) is 0. The van der Waals surface area contributed by atoms with Crippen LogP contribution in [0.3, 0.4) is 0 Å². The minimum absolute atomic E-state index is 0.0222. The number of nitriles is 1. The van der Waals surface area contributed by atoms with Crippen molar-refractivity contribution in [3.8, 4) is 6.19 Å². The Morgan fingerprint density at radius 2 is 2.12 bits per heavy atom. The maximum absolute atomic E-state index is 13.6. The van der Waals surface area contributed by atoms with E-state index in [1.807, 2.05) is 6.19 Å². The molecule has 0 aromatic rings. The van der Waals surface area contributed by atoms with Gasteiger partial charge in [-0.25, -0.2) is 9.18 Å². The smallest absolute Gasteiger partial charge is 0.410 e. The zero-order valence-corrected chi connectivity index (χ0v) is 10.6. The molecule has 17 heavy (non-hydrogen) atoms. The molecule has 96 valence electrons. The zero-order valence-electron chi connectivity index (χ0n) is 10.6. The number of carbonyl (C=O) groups excluding carboxylic acids is 1. The van der Waals surface area contributed by atoms with Crippen molar-refractivity contribution in [2.75, 3.05) is 20.1 Å². The van der Waals surface area contributed by atoms with Crippen molar-refractivity contribution in [1.82, 2.24) is 9.80 Å². The van der Waals surface area contributed by atoms with E-state index >= 15 is 0 Å². The predicted molar refractivity (Wildman–Crippen MR) is 59.9 cm³/mol. The Hall–Kier alpha value is -1.51. The second-order valence-corrected chi connectivity index (χ2v) is 5.18. The summed E-state index contributed by atoms with van der Waals surface area (Å²) in [5.74, 6) is 0. The molecule has 6 heteroatoms. The molecule has 0 radical (unpaired) electrons. The molecule has 0 bridgehead atoms. The number of alkyl halides is 1. The monoisotopic (exact) mass is 243 g/mol. The Balaban J connectivity index is 2.60. The summed E-state index contributed by atoms with van der Waals surface area (Å²) >= 11 is 0. The van der Waals surface area contributed by atoms with Crippen LogP contribution in [0.1, 0.15) is 20.8 Å². The quantitative estimate of drug-likeness (QED) is 0.515. The Labute approximate surface area is 101 Å². The van der Waals surface area contributed by atoms with E-state index in [0.29, 0.717) is 0 Å². The van der Waals surface area contributed by atoms with Crippen molar-refractivity contribution in [2.45, 2.75) is 38.6 Å². The van der Waals surface area contributed by atoms with Gasteiger partial charge in [0.25, 0.3) is 0 Å². The second kappa shape index (κ2) is 4.78. The van der Waals surface area contributed by atoms with Gasteiger partial charge in [0.2, 0.25) is 0 Å². The third kappa shape index (κ3) is 3.48. The molecule has 1 heterocycles. The van der Waals surface area contributed by atoms with Crippen molar-refractivity contribution in [3.63, 3.8) is 0 Å². The second-order valence-electron chi connectivity index (χ2n) is 5.18. The number of hydrogen-bond acceptors (Lipinski definition) is 4. The average molecular weight is 243 g/mol. The Kier molecular flexibility index (Phi) is 3.81. The van der Waals surface area contributed by atoms with Gasteiger partial charge < -0.3 is 14.5 Å². The summed E-state index contributed by atoms with van der Waals surface area (Å²) in [5, 5.41) is 8.70. The molecule has 0 aliphatic carbocycles. The number of halogens is 1. The van der Waals surface area contributed by atoms with Gasteiger partial charge in [0.1, 0.15) is 11.8 Å². The van der Waals surface area contributed by atoms with Gasteiger partial charge in [-0.1, -0.05) is 0 Å². The number of nitrogens with zero attached hydrogens (tertiary/aromatic N) is 3. The predicted octanol–water partition coefficient (Wildman–Crippen LogP) is 1.36. The first-order valence-corrected chi connectivity index (χ1v) is 5.49. The molecule has 0 aromatic heterocycles. The highest BCUT2D eigenvalue weighted by molar-refractivity contribution is 5.68. The molecular formula is C11H18FN3O2. The van der Waals surface area contributed by atoms with E-state index in [4.69, 9.17) is 10.00 Å². The lowest BCUT2D eigenvalue weighted by Crippen LogP contribution is -2.38. The lowest BCUT2D eigenvalue weighted by Gasteiger charge is -2.24. The third-order valence-corrected chi connectivity index (χ3v) is 2.53. The lowest BCUT2D eigenvalue weighted by atomic mass is 10.2. The largest absolute Gasteiger partial charge is 0.444 e. The van der Waals surface area contributed by atoms with E-state index in [1.54, 1.807) is 20.8 Å². The van der Waals surface area contributed by atoms with Crippen LogP contribution in [0.5, 0.6) is 0 Å². The minimum atomic E-state index is -1.22. The van der Waals surface area contributed by atoms with E-state index in [-0.39, 0.29) is 13.1 Å². The van der Waals surface area contributed by atoms with Crippen LogP contribution in [0.15, 0.2) is 0 Å². The van der Waals surface area contributed by atoms with Crippen molar-refractivity contribution in [2.24, 2.45) is 0 Å². The molecule has 1 amide bonds. The molecule has 1 aliphatic heterocycles. The van der Waals surface area contributed by atoms with Gasteiger partial charge in [-0.05, 0) is 20.8 Å². The SMILES string of the molecule is CN(C#N)[C@@H]1CN(C(=O)OC(C)(C)C)C[C@@H]1F. The van der Waals surface area contributed by atoms with E-state index < -0.39 is 23.9 Å². The summed E-state index contributed by atoms with van der Waals surface area (Å²) in [6.07, 6.45) is 0.111. The number of ether oxygens (including phenoxy) is 1. The number of amides is 1. The van der Waals surface area contributed by atoms with Crippen LogP contribution < -0.4 is 0 Å². The van der Waals surface area contributed by atoms with Crippen LogP contribution in [-0.2, 0) is 4.74 Å². The fourth-order valence-electron chi connectivity index (χ4n) is 1.66. The number of likely N-dealkylation sites (tertiary alicyclic amines) is 1. The lowest BCUT2D eigenvalue weighted by molar-refractivity contribution is 0.0280. The fraction of sp³-hybridized carbons (Fsp3) is 0.818. The summed E-state index contributed by atoms with van der Waals surface area (Å²) in [7, 11) is 1.51. The van der Waals surface area contributed by atoms with Crippen molar-refractivity contribution in [3.05, 3.63) is 0 Å². The minimum Gasteiger partial charge on any atom is -0.444 e. The molecule has 1 aliphatic rings. The van der Waals surface area contributed by atoms with Gasteiger partial charge in [0.05, 0.1) is 12.6 Å². The average Bonchev–Trinajstić information content (AvgIpc) is 2.57. The first-order valence-electron chi connectivity index (χ1n) is 5.49. The van der Waals surface area contributed by atoms with Crippen LogP contribution in [0.2, 0.25) is 0 Å². The van der Waals surface area contributed by atoms with Gasteiger partial charge in [-0.2, -0.15) is 5.26 Å². The van der Waals surface area contributed by atoms with Gasteiger partial charge in [-0.3, -0.25) is 0 Å². The molecule has 0 N–H and O–H groups in total. The number of rotatable bonds is 1. The summed E-state index contributed by atoms with van der Waals surface area (Å²) in [4.78, 5) is 14.2. The molecule has 1 saturated heterocycles. The normalized spacial score (nSPS) is 24.4. The highest BCUT2D eigenvalue weighted by atomic mass is 19.1. The first kappa shape index (κ1) is 13.6. The van der Waals surface area contributed by atoms with Crippen molar-refractivity contribution < 1.29 is 13.9 Å². The molecule has 2 atom stereocenters. The van der Waals surface area contributed by atoms with E-state index in [0.717, 1.165) is 0 Å². The first-order chi connectivity index (χ1) is 7.74. The topological polar surface area (TPSA) is 56.6 Å². The fourth-order valence-corrected chi connectivity index (χ4v) is 1.66. The van der Waals surface area contributed by atoms with Gasteiger partial charge in [0.15, 0.2) is 6.19 Å². The summed E-state index contributed by atoms with van der Waals surface area (Å²) < 4.78 is 18.8. The van der Waals surface area contributed by atoms with Crippen LogP contribution in [-0.4, -0.2) is 53.8 Å². The molecule has 1 fully saturated rings. The molecule has 0 unspecified atom stereocenters. The maximum atomic E-state index is 13.6. The zero-order chi connectivity index (χ0) is 13.2. The highest BCUT2D eigenvalue weighted by Gasteiger charge is 2.39. The molecule has 1 rings (SSSR count). The van der Waals surface area contributed by atoms with Crippen LogP contribution in [0, 0.1) is 11.5 Å².